The Morgan fingerprint density at radius 3 is 2.66 bits per heavy atom. The van der Waals surface area contributed by atoms with Crippen molar-refractivity contribution in [2.45, 2.75) is 25.0 Å². The van der Waals surface area contributed by atoms with Gasteiger partial charge in [0.1, 0.15) is 46.6 Å². The summed E-state index contributed by atoms with van der Waals surface area (Å²) in [5.74, 6) is 0.00676. The molecule has 2 aromatic heterocycles. The van der Waals surface area contributed by atoms with Crippen molar-refractivity contribution < 1.29 is 26.7 Å². The van der Waals surface area contributed by atoms with E-state index in [0.717, 1.165) is 0 Å². The average Bonchev–Trinajstić information content (AvgIpc) is 3.54. The number of anilines is 2. The minimum atomic E-state index is -2.47. The third kappa shape index (κ3) is 7.40. The Balaban J connectivity index is 1.20. The summed E-state index contributed by atoms with van der Waals surface area (Å²) >= 11 is 6.50. The molecule has 1 aliphatic heterocycles. The largest absolute Gasteiger partial charge is 0.490 e. The van der Waals surface area contributed by atoms with Crippen LogP contribution in [-0.4, -0.2) is 41.3 Å². The van der Waals surface area contributed by atoms with Crippen LogP contribution in [0.15, 0.2) is 97.7 Å². The number of hydrogen-bond acceptors (Lipinski definition) is 9. The number of hydrogen-bond donors (Lipinski definition) is 2. The number of fused-ring (bicyclic) bond motifs is 1. The summed E-state index contributed by atoms with van der Waals surface area (Å²) < 4.78 is 64.7. The Kier molecular flexibility index (Phi) is 9.71. The van der Waals surface area contributed by atoms with Crippen LogP contribution in [0.3, 0.4) is 0 Å². The van der Waals surface area contributed by atoms with Gasteiger partial charge in [0.25, 0.3) is 0 Å². The smallest absolute Gasteiger partial charge is 0.220 e. The quantitative estimate of drug-likeness (QED) is 0.0870. The molecule has 0 bridgehead atoms. The van der Waals surface area contributed by atoms with Crippen LogP contribution < -0.4 is 15.4 Å². The topological polar surface area (TPSA) is 115 Å². The summed E-state index contributed by atoms with van der Waals surface area (Å²) in [6.07, 6.45) is 6.98. The molecule has 240 valence electrons. The van der Waals surface area contributed by atoms with E-state index in [1.165, 1.54) is 30.7 Å². The van der Waals surface area contributed by atoms with E-state index in [0.29, 0.717) is 69.4 Å². The fourth-order valence-corrected chi connectivity index (χ4v) is 6.08. The number of halogens is 3. The molecule has 0 fully saturated rings. The summed E-state index contributed by atoms with van der Waals surface area (Å²) in [5, 5.41) is 7.27. The minimum Gasteiger partial charge on any atom is -0.490 e. The predicted octanol–water partition coefficient (Wildman–Crippen LogP) is 6.49. The van der Waals surface area contributed by atoms with Gasteiger partial charge in [-0.15, -0.1) is 0 Å². The first kappa shape index (κ1) is 32.0. The van der Waals surface area contributed by atoms with E-state index in [9.17, 15) is 12.8 Å². The van der Waals surface area contributed by atoms with Gasteiger partial charge in [-0.05, 0) is 66.7 Å². The molecule has 0 radical (unpaired) electrons. The molecule has 2 N–H and O–H groups in total. The van der Waals surface area contributed by atoms with Crippen LogP contribution >= 0.6 is 11.6 Å². The fourth-order valence-electron chi connectivity index (χ4n) is 5.34. The Labute approximate surface area is 275 Å². The van der Waals surface area contributed by atoms with Crippen molar-refractivity contribution >= 4 is 49.2 Å². The maximum atomic E-state index is 15.7. The lowest BCUT2D eigenvalue weighted by Gasteiger charge is -2.30. The molecule has 0 spiro atoms. The van der Waals surface area contributed by atoms with E-state index in [-0.39, 0.29) is 23.8 Å². The van der Waals surface area contributed by atoms with Crippen molar-refractivity contribution in [2.75, 3.05) is 18.4 Å². The van der Waals surface area contributed by atoms with E-state index in [4.69, 9.17) is 21.1 Å². The first-order valence-corrected chi connectivity index (χ1v) is 16.1. The van der Waals surface area contributed by atoms with Gasteiger partial charge in [0, 0.05) is 48.3 Å². The lowest BCUT2D eigenvalue weighted by molar-refractivity contribution is 0.0297. The Morgan fingerprint density at radius 1 is 1.02 bits per heavy atom. The standard InChI is InChI=1S/C34H28ClF2N5O4S/c35-27-16-24(8-9-31(27)45-20-22-5-3-6-23(36)15-22)42-33-25-17-26(28(37)18-30(25)40-21-41-33)34(10-4-14-46-34)11-13-38-19-32(47(43)44)29-7-1-2-12-39-29/h1-9,12,14-18,21,38H,10-11,13,19-20H2,(H,40,41,42). The van der Waals surface area contributed by atoms with E-state index in [1.54, 1.807) is 60.9 Å². The van der Waals surface area contributed by atoms with E-state index in [2.05, 4.69) is 25.6 Å². The summed E-state index contributed by atoms with van der Waals surface area (Å²) in [6.45, 7) is 0.524. The zero-order valence-corrected chi connectivity index (χ0v) is 26.4. The molecular formula is C34H28ClF2N5O4S. The van der Waals surface area contributed by atoms with Gasteiger partial charge in [-0.2, -0.15) is 8.42 Å². The van der Waals surface area contributed by atoms with Crippen molar-refractivity contribution in [1.29, 1.82) is 0 Å². The van der Waals surface area contributed by atoms with Crippen LogP contribution in [-0.2, 0) is 27.2 Å². The van der Waals surface area contributed by atoms with Gasteiger partial charge in [-0.3, -0.25) is 4.98 Å². The third-order valence-electron chi connectivity index (χ3n) is 7.67. The van der Waals surface area contributed by atoms with E-state index < -0.39 is 21.7 Å². The van der Waals surface area contributed by atoms with Gasteiger partial charge in [0.15, 0.2) is 0 Å². The van der Waals surface area contributed by atoms with Crippen LogP contribution in [0.1, 0.15) is 29.7 Å². The normalized spacial score (nSPS) is 15.4. The number of nitrogens with one attached hydrogen (secondary N) is 2. The molecule has 3 aromatic carbocycles. The lowest BCUT2D eigenvalue weighted by atomic mass is 9.86. The molecule has 47 heavy (non-hydrogen) atoms. The highest BCUT2D eigenvalue weighted by Gasteiger charge is 2.38. The first-order chi connectivity index (χ1) is 22.8. The van der Waals surface area contributed by atoms with Crippen molar-refractivity contribution in [3.8, 4) is 5.75 Å². The molecule has 0 saturated carbocycles. The van der Waals surface area contributed by atoms with Crippen LogP contribution in [0.4, 0.5) is 20.3 Å². The highest BCUT2D eigenvalue weighted by molar-refractivity contribution is 7.73. The zero-order valence-electron chi connectivity index (χ0n) is 24.8. The van der Waals surface area contributed by atoms with Gasteiger partial charge < -0.3 is 20.1 Å². The molecule has 1 atom stereocenters. The molecule has 3 heterocycles. The van der Waals surface area contributed by atoms with Gasteiger partial charge in [0.05, 0.1) is 22.5 Å². The monoisotopic (exact) mass is 675 g/mol. The SMILES string of the molecule is O=S(=O)=C(CNCCC1(c2cc3c(Nc4ccc(OCc5cccc(F)c5)c(Cl)c4)ncnc3cc2F)CC=CO1)c1ccccn1. The number of nitrogens with zero attached hydrogens (tertiary/aromatic N) is 3. The second-order valence-corrected chi connectivity index (χ2v) is 12.1. The minimum absolute atomic E-state index is 0.0515. The third-order valence-corrected chi connectivity index (χ3v) is 8.72. The highest BCUT2D eigenvalue weighted by Crippen LogP contribution is 2.41. The molecule has 0 saturated heterocycles. The zero-order chi connectivity index (χ0) is 32.8. The Morgan fingerprint density at radius 2 is 1.91 bits per heavy atom. The Hall–Kier alpha value is -4.91. The predicted molar refractivity (Wildman–Crippen MR) is 176 cm³/mol. The number of ether oxygens (including phenoxy) is 2. The molecule has 13 heteroatoms. The summed E-state index contributed by atoms with van der Waals surface area (Å²) in [4.78, 5) is 12.9. The number of aromatic nitrogens is 3. The first-order valence-electron chi connectivity index (χ1n) is 14.6. The molecular weight excluding hydrogens is 648 g/mol. The number of rotatable bonds is 12. The van der Waals surface area contributed by atoms with Crippen molar-refractivity contribution in [3.63, 3.8) is 0 Å². The molecule has 0 aliphatic carbocycles. The van der Waals surface area contributed by atoms with Crippen LogP contribution in [0, 0.1) is 11.6 Å². The lowest BCUT2D eigenvalue weighted by Crippen LogP contribution is -2.33. The molecule has 1 unspecified atom stereocenters. The second kappa shape index (κ2) is 14.2. The molecule has 1 aliphatic rings. The number of pyridine rings is 1. The van der Waals surface area contributed by atoms with E-state index in [1.807, 2.05) is 6.08 Å². The second-order valence-electron chi connectivity index (χ2n) is 10.7. The van der Waals surface area contributed by atoms with Crippen LogP contribution in [0.25, 0.3) is 10.9 Å². The maximum absolute atomic E-state index is 15.7. The van der Waals surface area contributed by atoms with Crippen LogP contribution in [0.5, 0.6) is 5.75 Å². The summed E-state index contributed by atoms with van der Waals surface area (Å²) in [7, 11) is -2.47. The molecule has 9 nitrogen and oxygen atoms in total. The maximum Gasteiger partial charge on any atom is 0.220 e. The van der Waals surface area contributed by atoms with E-state index >= 15 is 4.39 Å². The van der Waals surface area contributed by atoms with Crippen molar-refractivity contribution in [3.05, 3.63) is 131 Å². The van der Waals surface area contributed by atoms with Gasteiger partial charge in [-0.25, -0.2) is 18.7 Å². The highest BCUT2D eigenvalue weighted by atomic mass is 35.5. The molecule has 5 aromatic rings. The molecule has 6 rings (SSSR count). The molecule has 0 amide bonds. The van der Waals surface area contributed by atoms with Gasteiger partial charge in [-0.1, -0.05) is 29.8 Å². The van der Waals surface area contributed by atoms with Crippen LogP contribution in [0.2, 0.25) is 5.02 Å². The summed E-state index contributed by atoms with van der Waals surface area (Å²) in [6, 6.07) is 19.3. The van der Waals surface area contributed by atoms with Gasteiger partial charge in [0.2, 0.25) is 10.3 Å². The fraction of sp³-hybridized carbons (Fsp3) is 0.176. The van der Waals surface area contributed by atoms with Gasteiger partial charge >= 0.3 is 0 Å². The van der Waals surface area contributed by atoms with Crippen molar-refractivity contribution in [1.82, 2.24) is 20.3 Å². The number of benzene rings is 3. The Bertz CT molecular complexity index is 2080. The van der Waals surface area contributed by atoms with Crippen molar-refractivity contribution in [2.24, 2.45) is 0 Å². The summed E-state index contributed by atoms with van der Waals surface area (Å²) in [5.41, 5.74) is 1.29. The average molecular weight is 676 g/mol.